The molecule has 2 aromatic rings. The largest absolute Gasteiger partial charge is 0.399 e. The number of hydrogen-bond donors (Lipinski definition) is 2. The van der Waals surface area contributed by atoms with Crippen LogP contribution < -0.4 is 11.1 Å². The van der Waals surface area contributed by atoms with Gasteiger partial charge in [-0.05, 0) is 55.3 Å². The van der Waals surface area contributed by atoms with Gasteiger partial charge in [0, 0.05) is 17.4 Å². The van der Waals surface area contributed by atoms with Crippen LogP contribution in [0.1, 0.15) is 29.7 Å². The summed E-state index contributed by atoms with van der Waals surface area (Å²) in [5.41, 5.74) is 10.4. The van der Waals surface area contributed by atoms with Crippen LogP contribution in [0.25, 0.3) is 0 Å². The van der Waals surface area contributed by atoms with Crippen LogP contribution in [0.15, 0.2) is 42.5 Å². The number of nitrogen functional groups attached to an aromatic ring is 1. The number of hydrogen-bond acceptors (Lipinski definition) is 3. The molecule has 0 saturated heterocycles. The fraction of sp³-hybridized carbons (Fsp3) is 0.188. The zero-order chi connectivity index (χ0) is 13.8. The van der Waals surface area contributed by atoms with Crippen molar-refractivity contribution in [3.05, 3.63) is 59.2 Å². The minimum atomic E-state index is 0.187. The lowest BCUT2D eigenvalue weighted by Crippen LogP contribution is -2.07. The summed E-state index contributed by atoms with van der Waals surface area (Å²) < 4.78 is 0. The van der Waals surface area contributed by atoms with E-state index in [2.05, 4.69) is 18.3 Å². The molecule has 2 aromatic carbocycles. The first-order valence-electron chi connectivity index (χ1n) is 6.23. The molecule has 1 unspecified atom stereocenters. The van der Waals surface area contributed by atoms with Crippen molar-refractivity contribution < 1.29 is 0 Å². The predicted molar refractivity (Wildman–Crippen MR) is 78.8 cm³/mol. The molecule has 0 heterocycles. The van der Waals surface area contributed by atoms with Gasteiger partial charge in [-0.15, -0.1) is 0 Å². The van der Waals surface area contributed by atoms with Gasteiger partial charge in [-0.2, -0.15) is 5.26 Å². The third-order valence-electron chi connectivity index (χ3n) is 3.16. The summed E-state index contributed by atoms with van der Waals surface area (Å²) in [7, 11) is 0. The summed E-state index contributed by atoms with van der Waals surface area (Å²) in [6, 6.07) is 15.8. The van der Waals surface area contributed by atoms with E-state index in [-0.39, 0.29) is 6.04 Å². The Morgan fingerprint density at radius 2 is 1.84 bits per heavy atom. The summed E-state index contributed by atoms with van der Waals surface area (Å²) in [4.78, 5) is 0. The van der Waals surface area contributed by atoms with Crippen LogP contribution in [0.3, 0.4) is 0 Å². The Kier molecular flexibility index (Phi) is 3.72. The van der Waals surface area contributed by atoms with Crippen molar-refractivity contribution >= 4 is 11.4 Å². The molecule has 1 atom stereocenters. The van der Waals surface area contributed by atoms with E-state index in [1.807, 2.05) is 49.4 Å². The summed E-state index contributed by atoms with van der Waals surface area (Å²) in [5, 5.41) is 12.3. The standard InChI is InChI=1S/C16H17N3/c1-11-9-13(10-17)3-8-16(11)19-12(2)14-4-6-15(18)7-5-14/h3-9,12,19H,18H2,1-2H3. The number of rotatable bonds is 3. The third kappa shape index (κ3) is 3.05. The zero-order valence-electron chi connectivity index (χ0n) is 11.1. The van der Waals surface area contributed by atoms with Gasteiger partial charge in [0.1, 0.15) is 0 Å². The molecule has 0 aliphatic heterocycles. The molecule has 0 aliphatic carbocycles. The van der Waals surface area contributed by atoms with Crippen molar-refractivity contribution in [1.29, 1.82) is 5.26 Å². The van der Waals surface area contributed by atoms with E-state index in [1.54, 1.807) is 0 Å². The molecule has 0 bridgehead atoms. The van der Waals surface area contributed by atoms with E-state index in [0.717, 1.165) is 16.9 Å². The third-order valence-corrected chi connectivity index (χ3v) is 3.16. The molecule has 0 radical (unpaired) electrons. The lowest BCUT2D eigenvalue weighted by atomic mass is 10.1. The van der Waals surface area contributed by atoms with Crippen molar-refractivity contribution in [1.82, 2.24) is 0 Å². The highest BCUT2D eigenvalue weighted by Gasteiger charge is 2.07. The van der Waals surface area contributed by atoms with E-state index < -0.39 is 0 Å². The smallest absolute Gasteiger partial charge is 0.0991 e. The van der Waals surface area contributed by atoms with Crippen molar-refractivity contribution in [3.63, 3.8) is 0 Å². The molecule has 0 aromatic heterocycles. The number of benzene rings is 2. The lowest BCUT2D eigenvalue weighted by Gasteiger charge is -2.17. The fourth-order valence-corrected chi connectivity index (χ4v) is 2.00. The number of anilines is 2. The van der Waals surface area contributed by atoms with Crippen LogP contribution in [0.4, 0.5) is 11.4 Å². The van der Waals surface area contributed by atoms with Crippen molar-refractivity contribution in [3.8, 4) is 6.07 Å². The molecule has 0 spiro atoms. The molecular weight excluding hydrogens is 234 g/mol. The molecule has 2 rings (SSSR count). The van der Waals surface area contributed by atoms with Crippen LogP contribution in [-0.4, -0.2) is 0 Å². The molecule has 19 heavy (non-hydrogen) atoms. The van der Waals surface area contributed by atoms with E-state index in [9.17, 15) is 0 Å². The minimum Gasteiger partial charge on any atom is -0.399 e. The van der Waals surface area contributed by atoms with Crippen molar-refractivity contribution in [2.45, 2.75) is 19.9 Å². The van der Waals surface area contributed by atoms with Crippen molar-refractivity contribution in [2.75, 3.05) is 11.1 Å². The maximum absolute atomic E-state index is 8.86. The number of nitrogens with two attached hydrogens (primary N) is 1. The average molecular weight is 251 g/mol. The van der Waals surface area contributed by atoms with Gasteiger partial charge < -0.3 is 11.1 Å². The van der Waals surface area contributed by atoms with Gasteiger partial charge in [-0.1, -0.05) is 12.1 Å². The van der Waals surface area contributed by atoms with E-state index in [0.29, 0.717) is 5.56 Å². The van der Waals surface area contributed by atoms with Crippen LogP contribution >= 0.6 is 0 Å². The maximum Gasteiger partial charge on any atom is 0.0991 e. The summed E-state index contributed by atoms with van der Waals surface area (Å²) in [6.07, 6.45) is 0. The highest BCUT2D eigenvalue weighted by molar-refractivity contribution is 5.55. The predicted octanol–water partition coefficient (Wildman–Crippen LogP) is 3.62. The number of nitrogens with one attached hydrogen (secondary N) is 1. The second-order valence-corrected chi connectivity index (χ2v) is 4.67. The van der Waals surface area contributed by atoms with Gasteiger partial charge in [0.2, 0.25) is 0 Å². The Hall–Kier alpha value is -2.47. The lowest BCUT2D eigenvalue weighted by molar-refractivity contribution is 0.883. The Balaban J connectivity index is 2.17. The van der Waals surface area contributed by atoms with Crippen LogP contribution in [0.5, 0.6) is 0 Å². The van der Waals surface area contributed by atoms with Crippen molar-refractivity contribution in [2.24, 2.45) is 0 Å². The van der Waals surface area contributed by atoms with E-state index in [1.165, 1.54) is 5.56 Å². The topological polar surface area (TPSA) is 61.8 Å². The number of aryl methyl sites for hydroxylation is 1. The van der Waals surface area contributed by atoms with E-state index >= 15 is 0 Å². The van der Waals surface area contributed by atoms with Gasteiger partial charge >= 0.3 is 0 Å². The highest BCUT2D eigenvalue weighted by atomic mass is 14.9. The second-order valence-electron chi connectivity index (χ2n) is 4.67. The molecule has 3 nitrogen and oxygen atoms in total. The highest BCUT2D eigenvalue weighted by Crippen LogP contribution is 2.23. The first kappa shape index (κ1) is 13.0. The van der Waals surface area contributed by atoms with Gasteiger partial charge in [0.05, 0.1) is 11.6 Å². The Morgan fingerprint density at radius 3 is 2.42 bits per heavy atom. The molecule has 96 valence electrons. The van der Waals surface area contributed by atoms with Gasteiger partial charge in [0.25, 0.3) is 0 Å². The molecule has 3 heteroatoms. The SMILES string of the molecule is Cc1cc(C#N)ccc1NC(C)c1ccc(N)cc1. The Bertz CT molecular complexity index is 609. The Labute approximate surface area is 113 Å². The fourth-order valence-electron chi connectivity index (χ4n) is 2.00. The average Bonchev–Trinajstić information content (AvgIpc) is 2.41. The summed E-state index contributed by atoms with van der Waals surface area (Å²) in [5.74, 6) is 0. The monoisotopic (exact) mass is 251 g/mol. The van der Waals surface area contributed by atoms with Gasteiger partial charge in [-0.3, -0.25) is 0 Å². The summed E-state index contributed by atoms with van der Waals surface area (Å²) in [6.45, 7) is 4.10. The van der Waals surface area contributed by atoms with Gasteiger partial charge in [-0.25, -0.2) is 0 Å². The first-order valence-corrected chi connectivity index (χ1v) is 6.23. The van der Waals surface area contributed by atoms with Crippen LogP contribution in [-0.2, 0) is 0 Å². The molecule has 0 amide bonds. The van der Waals surface area contributed by atoms with Crippen LogP contribution in [0.2, 0.25) is 0 Å². The molecule has 0 aliphatic rings. The molecule has 3 N–H and O–H groups in total. The molecular formula is C16H17N3. The quantitative estimate of drug-likeness (QED) is 0.819. The van der Waals surface area contributed by atoms with Crippen LogP contribution in [0, 0.1) is 18.3 Å². The first-order chi connectivity index (χ1) is 9.10. The number of nitrogens with zero attached hydrogens (tertiary/aromatic N) is 1. The normalized spacial score (nSPS) is 11.6. The summed E-state index contributed by atoms with van der Waals surface area (Å²) >= 11 is 0. The second kappa shape index (κ2) is 5.45. The minimum absolute atomic E-state index is 0.187. The molecule has 0 saturated carbocycles. The van der Waals surface area contributed by atoms with Gasteiger partial charge in [0.15, 0.2) is 0 Å². The maximum atomic E-state index is 8.86. The number of nitriles is 1. The molecule has 0 fully saturated rings. The van der Waals surface area contributed by atoms with E-state index in [4.69, 9.17) is 11.0 Å². The zero-order valence-corrected chi connectivity index (χ0v) is 11.1. The Morgan fingerprint density at radius 1 is 1.16 bits per heavy atom.